The van der Waals surface area contributed by atoms with E-state index < -0.39 is 0 Å². The van der Waals surface area contributed by atoms with E-state index in [9.17, 15) is 0 Å². The lowest BCUT2D eigenvalue weighted by atomic mass is 10.2. The molecule has 7 heteroatoms. The van der Waals surface area contributed by atoms with Crippen molar-refractivity contribution in [3.05, 3.63) is 18.5 Å². The Balaban J connectivity index is 1.47. The average molecular weight is 262 g/mol. The fourth-order valence-corrected chi connectivity index (χ4v) is 2.41. The molecule has 1 aromatic heterocycles. The summed E-state index contributed by atoms with van der Waals surface area (Å²) in [6, 6.07) is 2.16. The Kier molecular flexibility index (Phi) is 3.45. The van der Waals surface area contributed by atoms with Gasteiger partial charge in [-0.2, -0.15) is 0 Å². The minimum absolute atomic E-state index is 0.111. The number of aromatic nitrogens is 2. The minimum atomic E-state index is 0.111. The van der Waals surface area contributed by atoms with Crippen LogP contribution in [-0.4, -0.2) is 66.3 Å². The third kappa shape index (κ3) is 2.93. The van der Waals surface area contributed by atoms with Gasteiger partial charge in [-0.25, -0.2) is 15.0 Å². The first-order valence-corrected chi connectivity index (χ1v) is 6.52. The summed E-state index contributed by atoms with van der Waals surface area (Å²) < 4.78 is 5.42. The molecule has 1 unspecified atom stereocenters. The maximum absolute atomic E-state index is 5.51. The highest BCUT2D eigenvalue weighted by atomic mass is 16.5. The molecule has 0 bridgehead atoms. The van der Waals surface area contributed by atoms with Crippen LogP contribution in [0.1, 0.15) is 0 Å². The summed E-state index contributed by atoms with van der Waals surface area (Å²) in [5.41, 5.74) is 5.51. The number of hydrogen-bond donors (Lipinski definition) is 1. The first-order chi connectivity index (χ1) is 9.31. The Morgan fingerprint density at radius 3 is 2.58 bits per heavy atom. The van der Waals surface area contributed by atoms with Crippen LogP contribution in [0.15, 0.2) is 23.5 Å². The SMILES string of the molecule is NC1=NCC(CN2CCN(c3ncccn3)CC2)O1. The first kappa shape index (κ1) is 12.2. The molecule has 0 saturated carbocycles. The van der Waals surface area contributed by atoms with Crippen molar-refractivity contribution in [2.75, 3.05) is 44.2 Å². The maximum Gasteiger partial charge on any atom is 0.282 e. The van der Waals surface area contributed by atoms with E-state index in [1.807, 2.05) is 6.07 Å². The Hall–Kier alpha value is -1.89. The molecule has 2 N–H and O–H groups in total. The third-order valence-electron chi connectivity index (χ3n) is 3.41. The van der Waals surface area contributed by atoms with Crippen LogP contribution in [0, 0.1) is 0 Å². The van der Waals surface area contributed by atoms with Crippen LogP contribution in [0.5, 0.6) is 0 Å². The van der Waals surface area contributed by atoms with E-state index >= 15 is 0 Å². The van der Waals surface area contributed by atoms with Crippen molar-refractivity contribution in [3.63, 3.8) is 0 Å². The van der Waals surface area contributed by atoms with Crippen LogP contribution in [0.4, 0.5) is 5.95 Å². The molecule has 1 fully saturated rings. The van der Waals surface area contributed by atoms with Gasteiger partial charge in [0.05, 0.1) is 6.54 Å². The van der Waals surface area contributed by atoms with E-state index in [1.165, 1.54) is 0 Å². The van der Waals surface area contributed by atoms with Crippen molar-refractivity contribution in [2.45, 2.75) is 6.10 Å². The lowest BCUT2D eigenvalue weighted by Crippen LogP contribution is -2.49. The molecule has 0 amide bonds. The van der Waals surface area contributed by atoms with Crippen LogP contribution >= 0.6 is 0 Å². The van der Waals surface area contributed by atoms with Gasteiger partial charge in [-0.15, -0.1) is 0 Å². The van der Waals surface area contributed by atoms with Crippen molar-refractivity contribution >= 4 is 12.0 Å². The monoisotopic (exact) mass is 262 g/mol. The molecule has 2 aliphatic rings. The normalized spacial score (nSPS) is 24.1. The van der Waals surface area contributed by atoms with Gasteiger partial charge in [0.2, 0.25) is 5.95 Å². The first-order valence-electron chi connectivity index (χ1n) is 6.52. The summed E-state index contributed by atoms with van der Waals surface area (Å²) in [6.07, 6.45) is 3.67. The molecule has 19 heavy (non-hydrogen) atoms. The topological polar surface area (TPSA) is 79.9 Å². The fraction of sp³-hybridized carbons (Fsp3) is 0.583. The molecule has 0 radical (unpaired) electrons. The van der Waals surface area contributed by atoms with Gasteiger partial charge in [0.1, 0.15) is 6.10 Å². The number of piperazine rings is 1. The standard InChI is InChI=1S/C12H18N6O/c13-11-16-8-10(19-11)9-17-4-6-18(7-5-17)12-14-2-1-3-15-12/h1-3,10H,4-9H2,(H2,13,16). The van der Waals surface area contributed by atoms with Crippen molar-refractivity contribution in [1.29, 1.82) is 0 Å². The van der Waals surface area contributed by atoms with Crippen LogP contribution in [0.2, 0.25) is 0 Å². The molecule has 1 atom stereocenters. The maximum atomic E-state index is 5.51. The highest BCUT2D eigenvalue weighted by Crippen LogP contribution is 2.11. The number of hydrogen-bond acceptors (Lipinski definition) is 7. The zero-order valence-electron chi connectivity index (χ0n) is 10.8. The second kappa shape index (κ2) is 5.40. The molecule has 0 aromatic carbocycles. The molecule has 1 saturated heterocycles. The van der Waals surface area contributed by atoms with E-state index in [0.717, 1.165) is 38.7 Å². The van der Waals surface area contributed by atoms with Crippen LogP contribution < -0.4 is 10.6 Å². The average Bonchev–Trinajstić information content (AvgIpc) is 2.86. The van der Waals surface area contributed by atoms with E-state index in [4.69, 9.17) is 10.5 Å². The minimum Gasteiger partial charge on any atom is -0.459 e. The van der Waals surface area contributed by atoms with Gasteiger partial charge in [-0.05, 0) is 6.07 Å². The lowest BCUT2D eigenvalue weighted by molar-refractivity contribution is 0.139. The van der Waals surface area contributed by atoms with Gasteiger partial charge in [-0.1, -0.05) is 0 Å². The molecular formula is C12H18N6O. The third-order valence-corrected chi connectivity index (χ3v) is 3.41. The number of aliphatic imine (C=N–C) groups is 1. The molecule has 102 valence electrons. The predicted molar refractivity (Wildman–Crippen MR) is 72.0 cm³/mol. The molecule has 3 heterocycles. The zero-order valence-corrected chi connectivity index (χ0v) is 10.8. The van der Waals surface area contributed by atoms with Gasteiger partial charge < -0.3 is 15.4 Å². The summed E-state index contributed by atoms with van der Waals surface area (Å²) in [6.45, 7) is 5.40. The zero-order chi connectivity index (χ0) is 13.1. The van der Waals surface area contributed by atoms with E-state index in [2.05, 4.69) is 24.8 Å². The fourth-order valence-electron chi connectivity index (χ4n) is 2.41. The van der Waals surface area contributed by atoms with Gasteiger partial charge in [0.25, 0.3) is 6.02 Å². The Morgan fingerprint density at radius 1 is 1.21 bits per heavy atom. The van der Waals surface area contributed by atoms with Crippen LogP contribution in [-0.2, 0) is 4.74 Å². The summed E-state index contributed by atoms with van der Waals surface area (Å²) >= 11 is 0. The van der Waals surface area contributed by atoms with Gasteiger partial charge >= 0.3 is 0 Å². The summed E-state index contributed by atoms with van der Waals surface area (Å²) in [7, 11) is 0. The smallest absolute Gasteiger partial charge is 0.282 e. The van der Waals surface area contributed by atoms with Gasteiger partial charge in [0, 0.05) is 45.1 Å². The number of anilines is 1. The molecular weight excluding hydrogens is 244 g/mol. The summed E-state index contributed by atoms with van der Waals surface area (Å²) in [5, 5.41) is 0. The highest BCUT2D eigenvalue weighted by molar-refractivity contribution is 5.73. The highest BCUT2D eigenvalue weighted by Gasteiger charge is 2.24. The van der Waals surface area contributed by atoms with Crippen molar-refractivity contribution in [1.82, 2.24) is 14.9 Å². The van der Waals surface area contributed by atoms with Crippen molar-refractivity contribution in [3.8, 4) is 0 Å². The Morgan fingerprint density at radius 2 is 1.95 bits per heavy atom. The second-order valence-electron chi connectivity index (χ2n) is 4.76. The second-order valence-corrected chi connectivity index (χ2v) is 4.76. The number of rotatable bonds is 3. The van der Waals surface area contributed by atoms with E-state index in [0.29, 0.717) is 12.6 Å². The van der Waals surface area contributed by atoms with Crippen LogP contribution in [0.25, 0.3) is 0 Å². The van der Waals surface area contributed by atoms with Crippen molar-refractivity contribution in [2.24, 2.45) is 10.7 Å². The van der Waals surface area contributed by atoms with Crippen LogP contribution in [0.3, 0.4) is 0 Å². The Bertz CT molecular complexity index is 443. The molecule has 0 spiro atoms. The van der Waals surface area contributed by atoms with Crippen molar-refractivity contribution < 1.29 is 4.74 Å². The van der Waals surface area contributed by atoms with Gasteiger partial charge in [0.15, 0.2) is 0 Å². The molecule has 0 aliphatic carbocycles. The lowest BCUT2D eigenvalue weighted by Gasteiger charge is -2.35. The number of ether oxygens (including phenoxy) is 1. The molecule has 1 aromatic rings. The quantitative estimate of drug-likeness (QED) is 0.777. The number of nitrogens with two attached hydrogens (primary N) is 1. The molecule has 3 rings (SSSR count). The van der Waals surface area contributed by atoms with E-state index in [-0.39, 0.29) is 6.10 Å². The number of nitrogens with zero attached hydrogens (tertiary/aromatic N) is 5. The molecule has 7 nitrogen and oxygen atoms in total. The Labute approximate surface area is 112 Å². The van der Waals surface area contributed by atoms with E-state index in [1.54, 1.807) is 12.4 Å². The molecule has 2 aliphatic heterocycles. The number of amidine groups is 1. The summed E-state index contributed by atoms with van der Waals surface area (Å²) in [5.74, 6) is 0.812. The summed E-state index contributed by atoms with van der Waals surface area (Å²) in [4.78, 5) is 17.2. The largest absolute Gasteiger partial charge is 0.459 e. The van der Waals surface area contributed by atoms with Gasteiger partial charge in [-0.3, -0.25) is 4.90 Å². The predicted octanol–water partition coefficient (Wildman–Crippen LogP) is -0.688.